The molecule has 3 heterocycles. The molecule has 2 saturated carbocycles. The number of amides is 1. The van der Waals surface area contributed by atoms with E-state index in [1.54, 1.807) is 47.6 Å². The summed E-state index contributed by atoms with van der Waals surface area (Å²) in [6.45, 7) is 0. The Balaban J connectivity index is 1.46. The molecule has 2 aliphatic carbocycles. The monoisotopic (exact) mass is 453 g/mol. The van der Waals surface area contributed by atoms with Gasteiger partial charge in [-0.1, -0.05) is 0 Å². The Labute approximate surface area is 189 Å². The molecule has 0 spiro atoms. The fourth-order valence-corrected chi connectivity index (χ4v) is 4.32. The highest BCUT2D eigenvalue weighted by molar-refractivity contribution is 6.00. The molecule has 0 radical (unpaired) electrons. The lowest BCUT2D eigenvalue weighted by molar-refractivity contribution is 0.00732. The van der Waals surface area contributed by atoms with E-state index in [1.807, 2.05) is 0 Å². The molecule has 0 saturated heterocycles. The van der Waals surface area contributed by atoms with E-state index in [1.165, 1.54) is 6.20 Å². The molecule has 33 heavy (non-hydrogen) atoms. The van der Waals surface area contributed by atoms with Crippen molar-refractivity contribution in [3.8, 4) is 0 Å². The number of nitrogens with zero attached hydrogens (tertiary/aromatic N) is 4. The lowest BCUT2D eigenvalue weighted by atomic mass is 9.89. The van der Waals surface area contributed by atoms with Crippen LogP contribution >= 0.6 is 0 Å². The first-order chi connectivity index (χ1) is 16.0. The molecule has 11 heteroatoms. The standard InChI is InChI=1S/C22H27N7O4/c1-23-19-10-18(25-14-4-3-9-28(22(14)32)15-6-7-16(15)30)27-20-12(11-24-29(19)20)21(31)26-13-5-8-17(13)33-2/h3-4,9-11,13,15-17,23,30H,5-8H2,1-2H3,(H,25,27)(H,26,31)/t13-,15+,16+,17-/m1/s1. The van der Waals surface area contributed by atoms with Gasteiger partial charge in [-0.3, -0.25) is 9.59 Å². The lowest BCUT2D eigenvalue weighted by Gasteiger charge is -2.35. The maximum atomic E-state index is 13.0. The third-order valence-corrected chi connectivity index (χ3v) is 6.60. The lowest BCUT2D eigenvalue weighted by Crippen LogP contribution is -2.51. The molecule has 4 N–H and O–H groups in total. The van der Waals surface area contributed by atoms with Gasteiger partial charge < -0.3 is 30.4 Å². The van der Waals surface area contributed by atoms with Crippen molar-refractivity contribution in [2.24, 2.45) is 0 Å². The molecule has 0 aromatic carbocycles. The van der Waals surface area contributed by atoms with Crippen LogP contribution in [0.5, 0.6) is 0 Å². The summed E-state index contributed by atoms with van der Waals surface area (Å²) < 4.78 is 8.46. The minimum absolute atomic E-state index is 0.0169. The number of fused-ring (bicyclic) bond motifs is 1. The van der Waals surface area contributed by atoms with Crippen LogP contribution in [-0.2, 0) is 4.74 Å². The SMILES string of the molecule is CNc1cc(Nc2cccn([C@H]3CC[C@@H]3O)c2=O)nc2c(C(=O)N[C@@H]3CC[C@H]3OC)cnn12. The summed E-state index contributed by atoms with van der Waals surface area (Å²) in [6, 6.07) is 4.89. The summed E-state index contributed by atoms with van der Waals surface area (Å²) in [5.41, 5.74) is 0.787. The number of hydrogen-bond acceptors (Lipinski definition) is 8. The number of aromatic nitrogens is 4. The Kier molecular flexibility index (Phi) is 5.51. The van der Waals surface area contributed by atoms with Crippen molar-refractivity contribution in [2.75, 3.05) is 24.8 Å². The minimum Gasteiger partial charge on any atom is -0.391 e. The van der Waals surface area contributed by atoms with E-state index in [2.05, 4.69) is 26.0 Å². The molecule has 5 rings (SSSR count). The zero-order valence-corrected chi connectivity index (χ0v) is 18.5. The van der Waals surface area contributed by atoms with Crippen molar-refractivity contribution in [1.82, 2.24) is 24.5 Å². The van der Waals surface area contributed by atoms with Crippen LogP contribution in [0.25, 0.3) is 5.65 Å². The van der Waals surface area contributed by atoms with E-state index in [-0.39, 0.29) is 29.7 Å². The van der Waals surface area contributed by atoms with Crippen LogP contribution in [0.1, 0.15) is 42.1 Å². The maximum Gasteiger partial charge on any atom is 0.274 e. The van der Waals surface area contributed by atoms with Crippen LogP contribution < -0.4 is 21.5 Å². The van der Waals surface area contributed by atoms with E-state index in [9.17, 15) is 14.7 Å². The Morgan fingerprint density at radius 1 is 1.27 bits per heavy atom. The highest BCUT2D eigenvalue weighted by atomic mass is 16.5. The topological polar surface area (TPSA) is 135 Å². The first-order valence-electron chi connectivity index (χ1n) is 11.1. The van der Waals surface area contributed by atoms with E-state index in [0.29, 0.717) is 35.0 Å². The number of aliphatic hydroxyl groups excluding tert-OH is 1. The van der Waals surface area contributed by atoms with Crippen LogP contribution in [0.2, 0.25) is 0 Å². The van der Waals surface area contributed by atoms with Crippen LogP contribution in [0.4, 0.5) is 17.3 Å². The van der Waals surface area contributed by atoms with Crippen LogP contribution in [-0.4, -0.2) is 62.6 Å². The van der Waals surface area contributed by atoms with Gasteiger partial charge in [0.1, 0.15) is 22.9 Å². The largest absolute Gasteiger partial charge is 0.391 e. The van der Waals surface area contributed by atoms with Crippen molar-refractivity contribution >= 4 is 28.9 Å². The molecular weight excluding hydrogens is 426 g/mol. The Morgan fingerprint density at radius 2 is 2.12 bits per heavy atom. The van der Waals surface area contributed by atoms with E-state index in [4.69, 9.17) is 4.74 Å². The third kappa shape index (κ3) is 3.72. The fraction of sp³-hybridized carbons (Fsp3) is 0.455. The molecular formula is C22H27N7O4. The van der Waals surface area contributed by atoms with E-state index in [0.717, 1.165) is 19.3 Å². The minimum atomic E-state index is -0.510. The van der Waals surface area contributed by atoms with Crippen molar-refractivity contribution in [1.29, 1.82) is 0 Å². The normalized spacial score (nSPS) is 24.1. The average molecular weight is 454 g/mol. The van der Waals surface area contributed by atoms with Crippen LogP contribution in [0.15, 0.2) is 35.4 Å². The van der Waals surface area contributed by atoms with Gasteiger partial charge in [0.05, 0.1) is 30.5 Å². The van der Waals surface area contributed by atoms with Gasteiger partial charge in [-0.15, -0.1) is 0 Å². The number of anilines is 3. The zero-order valence-electron chi connectivity index (χ0n) is 18.5. The van der Waals surface area contributed by atoms with Crippen LogP contribution in [0, 0.1) is 0 Å². The number of aliphatic hydroxyl groups is 1. The van der Waals surface area contributed by atoms with Crippen molar-refractivity contribution in [3.05, 3.63) is 46.5 Å². The van der Waals surface area contributed by atoms with Gasteiger partial charge in [-0.05, 0) is 37.8 Å². The van der Waals surface area contributed by atoms with Gasteiger partial charge in [0, 0.05) is 26.4 Å². The van der Waals surface area contributed by atoms with E-state index < -0.39 is 6.10 Å². The predicted molar refractivity (Wildman–Crippen MR) is 122 cm³/mol. The summed E-state index contributed by atoms with van der Waals surface area (Å²) in [7, 11) is 3.38. The second-order valence-corrected chi connectivity index (χ2v) is 8.47. The summed E-state index contributed by atoms with van der Waals surface area (Å²) in [5, 5.41) is 23.4. The molecule has 1 amide bonds. The Hall–Kier alpha value is -3.44. The molecule has 2 fully saturated rings. The van der Waals surface area contributed by atoms with E-state index >= 15 is 0 Å². The molecule has 2 aliphatic rings. The highest BCUT2D eigenvalue weighted by Gasteiger charge is 2.33. The molecule has 11 nitrogen and oxygen atoms in total. The molecule has 4 atom stereocenters. The van der Waals surface area contributed by atoms with Gasteiger partial charge in [0.2, 0.25) is 0 Å². The fourth-order valence-electron chi connectivity index (χ4n) is 4.32. The third-order valence-electron chi connectivity index (χ3n) is 6.60. The number of carbonyl (C=O) groups is 1. The number of nitrogens with one attached hydrogen (secondary N) is 3. The summed E-state index contributed by atoms with van der Waals surface area (Å²) in [4.78, 5) is 30.5. The molecule has 3 aromatic heterocycles. The molecule has 0 unspecified atom stereocenters. The second-order valence-electron chi connectivity index (χ2n) is 8.47. The number of carbonyl (C=O) groups excluding carboxylic acids is 1. The van der Waals surface area contributed by atoms with Crippen molar-refractivity contribution in [2.45, 2.75) is 50.0 Å². The smallest absolute Gasteiger partial charge is 0.274 e. The van der Waals surface area contributed by atoms with Gasteiger partial charge in [0.25, 0.3) is 11.5 Å². The summed E-state index contributed by atoms with van der Waals surface area (Å²) in [6.07, 6.45) is 5.90. The molecule has 0 bridgehead atoms. The number of pyridine rings is 1. The number of ether oxygens (including phenoxy) is 1. The molecule has 174 valence electrons. The van der Waals surface area contributed by atoms with Gasteiger partial charge in [-0.25, -0.2) is 4.98 Å². The summed E-state index contributed by atoms with van der Waals surface area (Å²) in [5.74, 6) is 0.721. The van der Waals surface area contributed by atoms with Gasteiger partial charge in [0.15, 0.2) is 5.65 Å². The summed E-state index contributed by atoms with van der Waals surface area (Å²) >= 11 is 0. The first-order valence-corrected chi connectivity index (χ1v) is 11.1. The van der Waals surface area contributed by atoms with Crippen molar-refractivity contribution < 1.29 is 14.6 Å². The number of hydrogen-bond donors (Lipinski definition) is 4. The first kappa shape index (κ1) is 21.4. The highest BCUT2D eigenvalue weighted by Crippen LogP contribution is 2.31. The van der Waals surface area contributed by atoms with Crippen LogP contribution in [0.3, 0.4) is 0 Å². The molecule has 0 aliphatic heterocycles. The second kappa shape index (κ2) is 8.49. The number of methoxy groups -OCH3 is 1. The zero-order chi connectivity index (χ0) is 23.1. The number of rotatable bonds is 7. The molecule has 3 aromatic rings. The van der Waals surface area contributed by atoms with Gasteiger partial charge in [-0.2, -0.15) is 9.61 Å². The Bertz CT molecular complexity index is 1250. The maximum absolute atomic E-state index is 13.0. The van der Waals surface area contributed by atoms with Gasteiger partial charge >= 0.3 is 0 Å². The average Bonchev–Trinajstić information content (AvgIpc) is 3.22. The predicted octanol–water partition coefficient (Wildman–Crippen LogP) is 1.28. The quantitative estimate of drug-likeness (QED) is 0.420. The van der Waals surface area contributed by atoms with Crippen molar-refractivity contribution in [3.63, 3.8) is 0 Å². The Morgan fingerprint density at radius 3 is 2.76 bits per heavy atom.